The molecular weight excluding hydrogens is 275 g/mol. The Morgan fingerprint density at radius 2 is 2.26 bits per heavy atom. The van der Waals surface area contributed by atoms with Gasteiger partial charge in [-0.15, -0.1) is 0 Å². The van der Waals surface area contributed by atoms with Crippen LogP contribution in [0.1, 0.15) is 12.8 Å². The second-order valence-corrected chi connectivity index (χ2v) is 5.51. The first-order chi connectivity index (χ1) is 9.06. The van der Waals surface area contributed by atoms with Crippen molar-refractivity contribution in [3.63, 3.8) is 0 Å². The largest absolute Gasteiger partial charge is 0.432 e. The lowest BCUT2D eigenvalue weighted by Crippen LogP contribution is -2.51. The molecule has 0 radical (unpaired) electrons. The van der Waals surface area contributed by atoms with Crippen LogP contribution in [0.3, 0.4) is 0 Å². The minimum atomic E-state index is -1.99. The van der Waals surface area contributed by atoms with Crippen LogP contribution in [0.15, 0.2) is 12.4 Å². The summed E-state index contributed by atoms with van der Waals surface area (Å²) in [7, 11) is -1.99. The van der Waals surface area contributed by atoms with Gasteiger partial charge in [0, 0.05) is 25.0 Å². The molecule has 2 rings (SSSR count). The second kappa shape index (κ2) is 6.60. The molecule has 1 aromatic rings. The second-order valence-electron chi connectivity index (χ2n) is 4.32. The highest BCUT2D eigenvalue weighted by Crippen LogP contribution is 2.29. The smallest absolute Gasteiger partial charge is 0.295 e. The maximum absolute atomic E-state index is 9.80. The number of aromatic amines is 1. The predicted octanol–water partition coefficient (Wildman–Crippen LogP) is -0.688. The quantitative estimate of drug-likeness (QED) is 0.454. The molecule has 108 valence electrons. The lowest BCUT2D eigenvalue weighted by atomic mass is 10.0. The zero-order valence-corrected chi connectivity index (χ0v) is 11.0. The van der Waals surface area contributed by atoms with Gasteiger partial charge in [0.2, 0.25) is 6.29 Å². The number of ether oxygens (including phenoxy) is 2. The number of hydrogen-bond donors (Lipinski definition) is 5. The molecule has 0 amide bonds. The number of nitrogens with zero attached hydrogens (tertiary/aromatic N) is 1. The summed E-state index contributed by atoms with van der Waals surface area (Å²) in [4.78, 5) is 24.3. The van der Waals surface area contributed by atoms with E-state index in [1.807, 2.05) is 0 Å². The molecule has 1 saturated heterocycles. The standard InChI is InChI=1S/C10H17N2O6P/c13-7-5-6(1-4-19(15)16)17-9(8(7)14)18-10-11-2-3-12-10/h2-3,6-9,13-16H,1,4-5H2,(H,11,12). The number of aliphatic hydroxyl groups excluding tert-OH is 2. The van der Waals surface area contributed by atoms with E-state index in [0.717, 1.165) is 0 Å². The van der Waals surface area contributed by atoms with E-state index >= 15 is 0 Å². The average molecular weight is 292 g/mol. The van der Waals surface area contributed by atoms with Crippen molar-refractivity contribution in [1.82, 2.24) is 9.97 Å². The maximum Gasteiger partial charge on any atom is 0.295 e. The summed E-state index contributed by atoms with van der Waals surface area (Å²) in [5.41, 5.74) is 0. The fraction of sp³-hybridized carbons (Fsp3) is 0.700. The van der Waals surface area contributed by atoms with Crippen molar-refractivity contribution in [3.05, 3.63) is 12.4 Å². The van der Waals surface area contributed by atoms with Gasteiger partial charge in [-0.3, -0.25) is 0 Å². The number of hydrogen-bond acceptors (Lipinski definition) is 7. The maximum atomic E-state index is 9.80. The van der Waals surface area contributed by atoms with Crippen molar-refractivity contribution in [2.75, 3.05) is 6.16 Å². The third-order valence-corrected chi connectivity index (χ3v) is 3.51. The van der Waals surface area contributed by atoms with Gasteiger partial charge in [-0.2, -0.15) is 0 Å². The third kappa shape index (κ3) is 4.10. The number of nitrogens with one attached hydrogen (secondary N) is 1. The minimum absolute atomic E-state index is 0.184. The summed E-state index contributed by atoms with van der Waals surface area (Å²) in [6.07, 6.45) is 0.241. The van der Waals surface area contributed by atoms with Crippen molar-refractivity contribution in [2.24, 2.45) is 0 Å². The number of H-pyrrole nitrogens is 1. The van der Waals surface area contributed by atoms with Crippen LogP contribution < -0.4 is 4.74 Å². The van der Waals surface area contributed by atoms with Gasteiger partial charge in [0.15, 0.2) is 8.38 Å². The molecule has 1 aromatic heterocycles. The molecule has 0 spiro atoms. The number of rotatable bonds is 5. The van der Waals surface area contributed by atoms with E-state index in [1.54, 1.807) is 6.20 Å². The van der Waals surface area contributed by atoms with Crippen LogP contribution >= 0.6 is 8.38 Å². The van der Waals surface area contributed by atoms with Gasteiger partial charge < -0.3 is 34.5 Å². The molecule has 0 aliphatic carbocycles. The van der Waals surface area contributed by atoms with Crippen LogP contribution in [0.2, 0.25) is 0 Å². The van der Waals surface area contributed by atoms with Gasteiger partial charge in [-0.05, 0) is 6.42 Å². The van der Waals surface area contributed by atoms with Crippen LogP contribution in [0.4, 0.5) is 0 Å². The topological polar surface area (TPSA) is 128 Å². The van der Waals surface area contributed by atoms with E-state index in [2.05, 4.69) is 9.97 Å². The SMILES string of the molecule is OC1CC(CCP(O)O)OC(Oc2ncc[nH]2)C1O. The molecule has 9 heteroatoms. The zero-order chi connectivity index (χ0) is 13.8. The van der Waals surface area contributed by atoms with Gasteiger partial charge in [0.1, 0.15) is 6.10 Å². The highest BCUT2D eigenvalue weighted by atomic mass is 31.2. The van der Waals surface area contributed by atoms with Crippen LogP contribution in [-0.2, 0) is 4.74 Å². The van der Waals surface area contributed by atoms with Crippen molar-refractivity contribution in [3.8, 4) is 6.01 Å². The molecular formula is C10H17N2O6P. The fourth-order valence-electron chi connectivity index (χ4n) is 1.88. The van der Waals surface area contributed by atoms with E-state index in [4.69, 9.17) is 19.3 Å². The van der Waals surface area contributed by atoms with Gasteiger partial charge >= 0.3 is 0 Å². The monoisotopic (exact) mass is 292 g/mol. The lowest BCUT2D eigenvalue weighted by Gasteiger charge is -2.36. The van der Waals surface area contributed by atoms with Crippen LogP contribution in [0, 0.1) is 0 Å². The highest BCUT2D eigenvalue weighted by molar-refractivity contribution is 7.45. The number of aliphatic hydroxyl groups is 2. The summed E-state index contributed by atoms with van der Waals surface area (Å²) in [6.45, 7) is 0. The minimum Gasteiger partial charge on any atom is -0.432 e. The first-order valence-corrected chi connectivity index (χ1v) is 7.32. The molecule has 2 heterocycles. The molecule has 0 aromatic carbocycles. The normalized spacial score (nSPS) is 31.6. The Morgan fingerprint density at radius 1 is 1.47 bits per heavy atom. The Labute approximate surface area is 110 Å². The molecule has 4 atom stereocenters. The van der Waals surface area contributed by atoms with Crippen molar-refractivity contribution >= 4 is 8.38 Å². The fourth-order valence-corrected chi connectivity index (χ4v) is 2.40. The Bertz CT molecular complexity index is 376. The number of aromatic nitrogens is 2. The van der Waals surface area contributed by atoms with Crippen molar-refractivity contribution < 1.29 is 29.5 Å². The van der Waals surface area contributed by atoms with Crippen molar-refractivity contribution in [2.45, 2.75) is 37.4 Å². The molecule has 5 N–H and O–H groups in total. The summed E-state index contributed by atoms with van der Waals surface area (Å²) >= 11 is 0. The predicted molar refractivity (Wildman–Crippen MR) is 65.3 cm³/mol. The van der Waals surface area contributed by atoms with E-state index in [0.29, 0.717) is 6.42 Å². The molecule has 1 fully saturated rings. The van der Waals surface area contributed by atoms with Gasteiger partial charge in [0.05, 0.1) is 12.2 Å². The first kappa shape index (κ1) is 14.6. The molecule has 0 bridgehead atoms. The van der Waals surface area contributed by atoms with E-state index in [1.165, 1.54) is 6.20 Å². The van der Waals surface area contributed by atoms with Crippen LogP contribution in [0.5, 0.6) is 6.01 Å². The summed E-state index contributed by atoms with van der Waals surface area (Å²) in [6, 6.07) is 0.184. The average Bonchev–Trinajstić information content (AvgIpc) is 2.85. The molecule has 1 aliphatic rings. The molecule has 0 saturated carbocycles. The third-order valence-electron chi connectivity index (χ3n) is 2.86. The Balaban J connectivity index is 1.92. The first-order valence-electron chi connectivity index (χ1n) is 5.89. The van der Waals surface area contributed by atoms with Crippen molar-refractivity contribution in [1.29, 1.82) is 0 Å². The Hall–Kier alpha value is -0.760. The zero-order valence-electron chi connectivity index (χ0n) is 10.1. The number of imidazole rings is 1. The van der Waals surface area contributed by atoms with Gasteiger partial charge in [-0.25, -0.2) is 4.98 Å². The van der Waals surface area contributed by atoms with E-state index in [-0.39, 0.29) is 18.6 Å². The molecule has 8 nitrogen and oxygen atoms in total. The lowest BCUT2D eigenvalue weighted by molar-refractivity contribution is -0.237. The molecule has 19 heavy (non-hydrogen) atoms. The Morgan fingerprint density at radius 3 is 2.89 bits per heavy atom. The highest BCUT2D eigenvalue weighted by Gasteiger charge is 2.38. The van der Waals surface area contributed by atoms with E-state index in [9.17, 15) is 10.2 Å². The molecule has 4 unspecified atom stereocenters. The Kier molecular flexibility index (Phi) is 5.09. The summed E-state index contributed by atoms with van der Waals surface area (Å²) in [5.74, 6) is 0. The van der Waals surface area contributed by atoms with Gasteiger partial charge in [-0.1, -0.05) is 0 Å². The van der Waals surface area contributed by atoms with Crippen LogP contribution in [0.25, 0.3) is 0 Å². The summed E-state index contributed by atoms with van der Waals surface area (Å²) < 4.78 is 10.8. The van der Waals surface area contributed by atoms with E-state index < -0.39 is 33.0 Å². The van der Waals surface area contributed by atoms with Crippen LogP contribution in [-0.4, -0.2) is 60.7 Å². The molecule has 1 aliphatic heterocycles. The summed E-state index contributed by atoms with van der Waals surface area (Å²) in [5, 5.41) is 19.5. The van der Waals surface area contributed by atoms with Gasteiger partial charge in [0.25, 0.3) is 6.01 Å².